The van der Waals surface area contributed by atoms with E-state index in [0.29, 0.717) is 5.91 Å². The third kappa shape index (κ3) is 3.27. The zero-order valence-electron chi connectivity index (χ0n) is 12.6. The predicted molar refractivity (Wildman–Crippen MR) is 88.3 cm³/mol. The van der Waals surface area contributed by atoms with Gasteiger partial charge in [0.15, 0.2) is 0 Å². The van der Waals surface area contributed by atoms with E-state index in [2.05, 4.69) is 36.1 Å². The zero-order valence-corrected chi connectivity index (χ0v) is 13.4. The second-order valence-corrected chi connectivity index (χ2v) is 7.45. The van der Waals surface area contributed by atoms with Crippen molar-refractivity contribution < 1.29 is 4.79 Å². The fraction of sp³-hybridized carbons (Fsp3) is 0.588. The zero-order chi connectivity index (χ0) is 14.8. The number of aryl methyl sites for hydroxylation is 1. The first-order valence-corrected chi connectivity index (χ1v) is 9.01. The van der Waals surface area contributed by atoms with Gasteiger partial charge in [-0.05, 0) is 31.7 Å². The molecule has 3 rings (SSSR count). The number of hydrogen-bond donors (Lipinski definition) is 1. The fourth-order valence-electron chi connectivity index (χ4n) is 3.41. The molecule has 1 aromatic rings. The Bertz CT molecular complexity index is 502. The summed E-state index contributed by atoms with van der Waals surface area (Å²) in [5, 5.41) is 0. The summed E-state index contributed by atoms with van der Waals surface area (Å²) in [6, 6.07) is 9.08. The van der Waals surface area contributed by atoms with Gasteiger partial charge in [-0.2, -0.15) is 11.8 Å². The third-order valence-corrected chi connectivity index (χ3v) is 5.72. The van der Waals surface area contributed by atoms with Crippen molar-refractivity contribution in [2.24, 2.45) is 11.7 Å². The first-order valence-electron chi connectivity index (χ1n) is 7.85. The largest absolute Gasteiger partial charge is 0.334 e. The maximum atomic E-state index is 12.9. The van der Waals surface area contributed by atoms with Crippen LogP contribution in [-0.4, -0.2) is 34.9 Å². The highest BCUT2D eigenvalue weighted by Gasteiger charge is 2.35. The van der Waals surface area contributed by atoms with Crippen molar-refractivity contribution in [2.45, 2.75) is 38.3 Å². The third-order valence-electron chi connectivity index (χ3n) is 4.70. The lowest BCUT2D eigenvalue weighted by molar-refractivity contribution is -0.137. The Morgan fingerprint density at radius 2 is 2.05 bits per heavy atom. The number of carbonyl (C=O) groups is 1. The molecule has 1 aromatic carbocycles. The SMILES string of the molecule is Cc1ccc(C2CSCCN2C(=O)C2CCC(N)C2)cc1. The van der Waals surface area contributed by atoms with Crippen LogP contribution in [0.2, 0.25) is 0 Å². The van der Waals surface area contributed by atoms with Gasteiger partial charge in [0.1, 0.15) is 0 Å². The van der Waals surface area contributed by atoms with Gasteiger partial charge < -0.3 is 10.6 Å². The lowest BCUT2D eigenvalue weighted by atomic mass is 10.0. The highest BCUT2D eigenvalue weighted by molar-refractivity contribution is 7.99. The van der Waals surface area contributed by atoms with Crippen molar-refractivity contribution >= 4 is 17.7 Å². The van der Waals surface area contributed by atoms with E-state index in [1.165, 1.54) is 11.1 Å². The number of amides is 1. The van der Waals surface area contributed by atoms with Crippen molar-refractivity contribution in [2.75, 3.05) is 18.1 Å². The molecule has 0 spiro atoms. The molecule has 1 saturated carbocycles. The van der Waals surface area contributed by atoms with Gasteiger partial charge in [0.25, 0.3) is 0 Å². The lowest BCUT2D eigenvalue weighted by Crippen LogP contribution is -2.43. The molecule has 3 unspecified atom stereocenters. The summed E-state index contributed by atoms with van der Waals surface area (Å²) in [6.07, 6.45) is 2.82. The smallest absolute Gasteiger partial charge is 0.226 e. The highest BCUT2D eigenvalue weighted by Crippen LogP contribution is 2.34. The molecule has 1 aliphatic heterocycles. The molecule has 0 bridgehead atoms. The van der Waals surface area contributed by atoms with Crippen LogP contribution >= 0.6 is 11.8 Å². The quantitative estimate of drug-likeness (QED) is 0.914. The van der Waals surface area contributed by atoms with Crippen LogP contribution in [-0.2, 0) is 4.79 Å². The summed E-state index contributed by atoms with van der Waals surface area (Å²) < 4.78 is 0. The number of rotatable bonds is 2. The second kappa shape index (κ2) is 6.41. The van der Waals surface area contributed by atoms with Gasteiger partial charge in [-0.1, -0.05) is 29.8 Å². The Labute approximate surface area is 131 Å². The van der Waals surface area contributed by atoms with Gasteiger partial charge in [-0.25, -0.2) is 0 Å². The molecular weight excluding hydrogens is 280 g/mol. The normalized spacial score (nSPS) is 29.6. The monoisotopic (exact) mass is 304 g/mol. The van der Waals surface area contributed by atoms with Crippen LogP contribution < -0.4 is 5.73 Å². The molecule has 1 heterocycles. The van der Waals surface area contributed by atoms with Crippen LogP contribution in [0.4, 0.5) is 0 Å². The van der Waals surface area contributed by atoms with Crippen LogP contribution in [0.1, 0.15) is 36.4 Å². The number of benzene rings is 1. The summed E-state index contributed by atoms with van der Waals surface area (Å²) in [5.74, 6) is 2.53. The minimum absolute atomic E-state index is 0.149. The van der Waals surface area contributed by atoms with Crippen LogP contribution in [0.15, 0.2) is 24.3 Å². The topological polar surface area (TPSA) is 46.3 Å². The van der Waals surface area contributed by atoms with Crippen LogP contribution in [0.3, 0.4) is 0 Å². The number of thioether (sulfide) groups is 1. The molecule has 1 amide bonds. The maximum Gasteiger partial charge on any atom is 0.226 e. The van der Waals surface area contributed by atoms with Gasteiger partial charge in [0.05, 0.1) is 6.04 Å². The van der Waals surface area contributed by atoms with Gasteiger partial charge >= 0.3 is 0 Å². The van der Waals surface area contributed by atoms with E-state index in [0.717, 1.165) is 37.3 Å². The van der Waals surface area contributed by atoms with Crippen molar-refractivity contribution in [1.29, 1.82) is 0 Å². The first kappa shape index (κ1) is 14.9. The summed E-state index contributed by atoms with van der Waals surface area (Å²) in [4.78, 5) is 15.0. The van der Waals surface area contributed by atoms with Crippen molar-refractivity contribution in [1.82, 2.24) is 4.90 Å². The minimum Gasteiger partial charge on any atom is -0.334 e. The Kier molecular flexibility index (Phi) is 4.55. The molecule has 0 aromatic heterocycles. The number of nitrogens with two attached hydrogens (primary N) is 1. The molecule has 2 N–H and O–H groups in total. The van der Waals surface area contributed by atoms with Gasteiger partial charge in [-0.15, -0.1) is 0 Å². The van der Waals surface area contributed by atoms with E-state index in [1.807, 2.05) is 11.8 Å². The van der Waals surface area contributed by atoms with E-state index in [9.17, 15) is 4.79 Å². The average molecular weight is 304 g/mol. The van der Waals surface area contributed by atoms with Gasteiger partial charge in [0, 0.05) is 30.0 Å². The molecule has 4 heteroatoms. The second-order valence-electron chi connectivity index (χ2n) is 6.30. The van der Waals surface area contributed by atoms with Crippen molar-refractivity contribution in [3.05, 3.63) is 35.4 Å². The first-order chi connectivity index (χ1) is 10.1. The van der Waals surface area contributed by atoms with E-state index < -0.39 is 0 Å². The molecule has 0 radical (unpaired) electrons. The standard InChI is InChI=1S/C17H24N2OS/c1-12-2-4-13(5-3-12)16-11-21-9-8-19(16)17(20)14-6-7-15(18)10-14/h2-5,14-16H,6-11,18H2,1H3. The van der Waals surface area contributed by atoms with E-state index >= 15 is 0 Å². The summed E-state index contributed by atoms with van der Waals surface area (Å²) in [6.45, 7) is 2.97. The Balaban J connectivity index is 1.78. The number of carbonyl (C=O) groups excluding carboxylic acids is 1. The molecular formula is C17H24N2OS. The molecule has 21 heavy (non-hydrogen) atoms. The van der Waals surface area contributed by atoms with Crippen LogP contribution in [0.25, 0.3) is 0 Å². The van der Waals surface area contributed by atoms with Crippen LogP contribution in [0, 0.1) is 12.8 Å². The van der Waals surface area contributed by atoms with Gasteiger partial charge in [0.2, 0.25) is 5.91 Å². The summed E-state index contributed by atoms with van der Waals surface area (Å²) in [7, 11) is 0. The number of hydrogen-bond acceptors (Lipinski definition) is 3. The predicted octanol–water partition coefficient (Wildman–Crippen LogP) is 2.74. The maximum absolute atomic E-state index is 12.9. The highest BCUT2D eigenvalue weighted by atomic mass is 32.2. The Hall–Kier alpha value is -1.00. The fourth-order valence-corrected chi connectivity index (χ4v) is 4.50. The average Bonchev–Trinajstić information content (AvgIpc) is 2.94. The van der Waals surface area contributed by atoms with Gasteiger partial charge in [-0.3, -0.25) is 4.79 Å². The molecule has 1 aliphatic carbocycles. The number of nitrogens with zero attached hydrogens (tertiary/aromatic N) is 1. The molecule has 114 valence electrons. The lowest BCUT2D eigenvalue weighted by Gasteiger charge is -2.37. The summed E-state index contributed by atoms with van der Waals surface area (Å²) in [5.41, 5.74) is 8.51. The molecule has 1 saturated heterocycles. The van der Waals surface area contributed by atoms with E-state index in [-0.39, 0.29) is 18.0 Å². The molecule has 3 nitrogen and oxygen atoms in total. The molecule has 2 aliphatic rings. The Morgan fingerprint density at radius 3 is 2.71 bits per heavy atom. The minimum atomic E-state index is 0.149. The van der Waals surface area contributed by atoms with E-state index in [1.54, 1.807) is 0 Å². The molecule has 2 fully saturated rings. The van der Waals surface area contributed by atoms with Crippen molar-refractivity contribution in [3.8, 4) is 0 Å². The molecule has 3 atom stereocenters. The van der Waals surface area contributed by atoms with Crippen LogP contribution in [0.5, 0.6) is 0 Å². The summed E-state index contributed by atoms with van der Waals surface area (Å²) >= 11 is 1.95. The van der Waals surface area contributed by atoms with Crippen molar-refractivity contribution in [3.63, 3.8) is 0 Å². The Morgan fingerprint density at radius 1 is 1.29 bits per heavy atom. The van der Waals surface area contributed by atoms with E-state index in [4.69, 9.17) is 5.73 Å².